The van der Waals surface area contributed by atoms with E-state index in [1.54, 1.807) is 28.8 Å². The summed E-state index contributed by atoms with van der Waals surface area (Å²) < 4.78 is 8.72. The van der Waals surface area contributed by atoms with Crippen molar-refractivity contribution >= 4 is 40.7 Å². The highest BCUT2D eigenvalue weighted by atomic mass is 35.5. The Morgan fingerprint density at radius 1 is 1.10 bits per heavy atom. The number of aliphatic hydroxyl groups excluding tert-OH is 1. The fraction of sp³-hybridized carbons (Fsp3) is 0.250. The average Bonchev–Trinajstić information content (AvgIpc) is 3.30. The zero-order chi connectivity index (χ0) is 27.8. The second-order valence-electron chi connectivity index (χ2n) is 9.41. The molecule has 0 fully saturated rings. The van der Waals surface area contributed by atoms with Crippen LogP contribution in [0, 0.1) is 0 Å². The van der Waals surface area contributed by atoms with Crippen LogP contribution in [0.25, 0.3) is 5.69 Å². The standard InChI is InChI=1S/C28H27Cl2N5O4/c1-16(2)24-23-25(17-8-10-18(29)11-9-17)34(19-14-20(30)27(37)33(15-19)12-13-36)28(38)31-26(23)32-35(24)21-6-4-5-7-22(21)39-3/h4-11,14-16,25,36H,12-13H2,1-3H3,(H,31,32,38). The smallest absolute Gasteiger partial charge is 0.328 e. The van der Waals surface area contributed by atoms with Crippen molar-refractivity contribution in [2.24, 2.45) is 0 Å². The van der Waals surface area contributed by atoms with Crippen LogP contribution in [0.15, 0.2) is 65.6 Å². The van der Waals surface area contributed by atoms with Gasteiger partial charge in [0.05, 0.1) is 31.1 Å². The number of hydrogen-bond acceptors (Lipinski definition) is 5. The number of aromatic nitrogens is 3. The molecule has 11 heteroatoms. The molecule has 9 nitrogen and oxygen atoms in total. The largest absolute Gasteiger partial charge is 0.494 e. The van der Waals surface area contributed by atoms with E-state index in [0.29, 0.717) is 22.3 Å². The topological polar surface area (TPSA) is 102 Å². The van der Waals surface area contributed by atoms with E-state index >= 15 is 0 Å². The van der Waals surface area contributed by atoms with E-state index in [9.17, 15) is 14.7 Å². The Morgan fingerprint density at radius 3 is 2.49 bits per heavy atom. The van der Waals surface area contributed by atoms with Crippen molar-refractivity contribution in [3.05, 3.63) is 98.0 Å². The Balaban J connectivity index is 1.80. The van der Waals surface area contributed by atoms with Gasteiger partial charge in [-0.3, -0.25) is 15.0 Å². The number of nitrogens with zero attached hydrogens (tertiary/aromatic N) is 4. The van der Waals surface area contributed by atoms with E-state index in [4.69, 9.17) is 33.0 Å². The van der Waals surface area contributed by atoms with E-state index in [1.807, 2.05) is 36.4 Å². The van der Waals surface area contributed by atoms with Crippen molar-refractivity contribution in [1.29, 1.82) is 0 Å². The van der Waals surface area contributed by atoms with Gasteiger partial charge in [0.2, 0.25) is 0 Å². The average molecular weight is 568 g/mol. The SMILES string of the molecule is COc1ccccc1-n1nc2c(c1C(C)C)C(c1ccc(Cl)cc1)N(c1cc(Cl)c(=O)n(CCO)c1)C(=O)N2. The van der Waals surface area contributed by atoms with E-state index < -0.39 is 17.6 Å². The summed E-state index contributed by atoms with van der Waals surface area (Å²) in [4.78, 5) is 27.9. The van der Waals surface area contributed by atoms with E-state index in [1.165, 1.54) is 16.8 Å². The van der Waals surface area contributed by atoms with Crippen LogP contribution in [0.1, 0.15) is 42.6 Å². The zero-order valence-electron chi connectivity index (χ0n) is 21.6. The molecule has 0 aliphatic carbocycles. The molecule has 0 spiro atoms. The van der Waals surface area contributed by atoms with Crippen LogP contribution in [-0.4, -0.2) is 39.2 Å². The number of urea groups is 1. The summed E-state index contributed by atoms with van der Waals surface area (Å²) >= 11 is 12.5. The number of anilines is 2. The van der Waals surface area contributed by atoms with Gasteiger partial charge < -0.3 is 14.4 Å². The van der Waals surface area contributed by atoms with E-state index in [-0.39, 0.29) is 24.1 Å². The molecule has 39 heavy (non-hydrogen) atoms. The van der Waals surface area contributed by atoms with Crippen LogP contribution in [0.4, 0.5) is 16.3 Å². The van der Waals surface area contributed by atoms with Gasteiger partial charge in [0.1, 0.15) is 16.5 Å². The van der Waals surface area contributed by atoms with Crippen LogP contribution in [0.5, 0.6) is 5.75 Å². The van der Waals surface area contributed by atoms with Crippen molar-refractivity contribution in [2.45, 2.75) is 32.4 Å². The lowest BCUT2D eigenvalue weighted by Crippen LogP contribution is -2.43. The number of hydrogen-bond donors (Lipinski definition) is 2. The molecular formula is C28H27Cl2N5O4. The molecule has 1 aliphatic heterocycles. The minimum atomic E-state index is -0.636. The summed E-state index contributed by atoms with van der Waals surface area (Å²) in [7, 11) is 1.60. The van der Waals surface area contributed by atoms with Gasteiger partial charge in [0.25, 0.3) is 5.56 Å². The predicted molar refractivity (Wildman–Crippen MR) is 152 cm³/mol. The Labute approximate surface area is 235 Å². The Hall–Kier alpha value is -3.79. The summed E-state index contributed by atoms with van der Waals surface area (Å²) in [5, 5.41) is 17.8. The van der Waals surface area contributed by atoms with E-state index in [2.05, 4.69) is 19.2 Å². The molecular weight excluding hydrogens is 541 g/mol. The number of benzene rings is 2. The molecule has 2 aromatic heterocycles. The van der Waals surface area contributed by atoms with Crippen LogP contribution < -0.4 is 20.5 Å². The summed E-state index contributed by atoms with van der Waals surface area (Å²) in [6, 6.07) is 15.2. The van der Waals surface area contributed by atoms with Crippen molar-refractivity contribution in [2.75, 3.05) is 23.9 Å². The highest BCUT2D eigenvalue weighted by Gasteiger charge is 2.41. The lowest BCUT2D eigenvalue weighted by molar-refractivity contribution is 0.254. The molecule has 0 saturated heterocycles. The molecule has 202 valence electrons. The number of rotatable bonds is 7. The number of methoxy groups -OCH3 is 1. The Bertz CT molecular complexity index is 1600. The first kappa shape index (κ1) is 26.8. The lowest BCUT2D eigenvalue weighted by Gasteiger charge is -2.37. The fourth-order valence-corrected chi connectivity index (χ4v) is 5.32. The normalized spacial score (nSPS) is 14.9. The first-order valence-corrected chi connectivity index (χ1v) is 13.1. The molecule has 5 rings (SSSR count). The third kappa shape index (κ3) is 4.78. The number of carbonyl (C=O) groups excluding carboxylic acids is 1. The van der Waals surface area contributed by atoms with Gasteiger partial charge in [0, 0.05) is 23.3 Å². The highest BCUT2D eigenvalue weighted by molar-refractivity contribution is 6.31. The minimum Gasteiger partial charge on any atom is -0.494 e. The third-order valence-electron chi connectivity index (χ3n) is 6.63. The van der Waals surface area contributed by atoms with Crippen LogP contribution in [-0.2, 0) is 6.54 Å². The van der Waals surface area contributed by atoms with Gasteiger partial charge in [-0.05, 0) is 41.8 Å². The number of halogens is 2. The van der Waals surface area contributed by atoms with Gasteiger partial charge >= 0.3 is 6.03 Å². The van der Waals surface area contributed by atoms with Crippen LogP contribution in [0.3, 0.4) is 0 Å². The lowest BCUT2D eigenvalue weighted by atomic mass is 9.91. The zero-order valence-corrected chi connectivity index (χ0v) is 23.1. The summed E-state index contributed by atoms with van der Waals surface area (Å²) in [5.74, 6) is 1.04. The monoisotopic (exact) mass is 567 g/mol. The number of ether oxygens (including phenoxy) is 1. The van der Waals surface area contributed by atoms with Gasteiger partial charge in [0.15, 0.2) is 5.82 Å². The molecule has 4 aromatic rings. The molecule has 1 unspecified atom stereocenters. The fourth-order valence-electron chi connectivity index (χ4n) is 4.97. The highest BCUT2D eigenvalue weighted by Crippen LogP contribution is 2.45. The number of carbonyl (C=O) groups is 1. The summed E-state index contributed by atoms with van der Waals surface area (Å²) in [6.07, 6.45) is 1.53. The Morgan fingerprint density at radius 2 is 1.82 bits per heavy atom. The molecule has 1 atom stereocenters. The number of pyridine rings is 1. The van der Waals surface area contributed by atoms with Gasteiger partial charge in [-0.25, -0.2) is 9.48 Å². The van der Waals surface area contributed by atoms with Gasteiger partial charge in [-0.2, -0.15) is 0 Å². The molecule has 0 saturated carbocycles. The van der Waals surface area contributed by atoms with Crippen molar-refractivity contribution < 1.29 is 14.6 Å². The van der Waals surface area contributed by atoms with Crippen LogP contribution >= 0.6 is 23.2 Å². The molecule has 0 bridgehead atoms. The number of fused-ring (bicyclic) bond motifs is 1. The number of aliphatic hydroxyl groups is 1. The quantitative estimate of drug-likeness (QED) is 0.302. The predicted octanol–water partition coefficient (Wildman–Crippen LogP) is 5.61. The molecule has 2 aromatic carbocycles. The Kier molecular flexibility index (Phi) is 7.40. The second-order valence-corrected chi connectivity index (χ2v) is 10.3. The molecule has 2 amide bonds. The number of amides is 2. The maximum absolute atomic E-state index is 13.8. The summed E-state index contributed by atoms with van der Waals surface area (Å²) in [5.41, 5.74) is 3.10. The first-order valence-electron chi connectivity index (χ1n) is 12.4. The maximum atomic E-state index is 13.8. The second kappa shape index (κ2) is 10.8. The first-order chi connectivity index (χ1) is 18.7. The maximum Gasteiger partial charge on any atom is 0.328 e. The number of para-hydroxylation sites is 2. The molecule has 1 aliphatic rings. The van der Waals surface area contributed by atoms with Crippen LogP contribution in [0.2, 0.25) is 10.0 Å². The van der Waals surface area contributed by atoms with Gasteiger partial charge in [-0.15, -0.1) is 5.10 Å². The van der Waals surface area contributed by atoms with E-state index in [0.717, 1.165) is 22.5 Å². The van der Waals surface area contributed by atoms with Crippen molar-refractivity contribution in [3.63, 3.8) is 0 Å². The van der Waals surface area contributed by atoms with Crippen molar-refractivity contribution in [3.8, 4) is 11.4 Å². The number of nitrogens with one attached hydrogen (secondary N) is 1. The third-order valence-corrected chi connectivity index (χ3v) is 7.15. The molecule has 2 N–H and O–H groups in total. The van der Waals surface area contributed by atoms with Gasteiger partial charge in [-0.1, -0.05) is 61.3 Å². The molecule has 0 radical (unpaired) electrons. The molecule has 3 heterocycles. The van der Waals surface area contributed by atoms with Crippen molar-refractivity contribution in [1.82, 2.24) is 14.3 Å². The summed E-state index contributed by atoms with van der Waals surface area (Å²) in [6.45, 7) is 3.88. The minimum absolute atomic E-state index is 0.00950.